The van der Waals surface area contributed by atoms with Crippen molar-refractivity contribution < 1.29 is 0 Å². The van der Waals surface area contributed by atoms with Gasteiger partial charge in [-0.3, -0.25) is 8.80 Å². The van der Waals surface area contributed by atoms with Crippen molar-refractivity contribution in [2.24, 2.45) is 0 Å². The molecule has 1 aromatic carbocycles. The van der Waals surface area contributed by atoms with E-state index in [1.165, 1.54) is 12.8 Å². The molecule has 0 unspecified atom stereocenters. The molecule has 5 heterocycles. The Kier molecular flexibility index (Phi) is 7.24. The quantitative estimate of drug-likeness (QED) is 0.182. The number of aromatic nitrogens is 8. The van der Waals surface area contributed by atoms with Gasteiger partial charge >= 0.3 is 0 Å². The predicted octanol–water partition coefficient (Wildman–Crippen LogP) is 8.05. The lowest BCUT2D eigenvalue weighted by Crippen LogP contribution is -1.92. The molecule has 1 fully saturated rings. The maximum atomic E-state index is 4.53. The maximum absolute atomic E-state index is 4.53. The van der Waals surface area contributed by atoms with Gasteiger partial charge in [0.25, 0.3) is 0 Å². The van der Waals surface area contributed by atoms with Crippen LogP contribution in [-0.4, -0.2) is 38.7 Å². The molecule has 0 bridgehead atoms. The van der Waals surface area contributed by atoms with Crippen molar-refractivity contribution in [3.8, 4) is 22.5 Å². The van der Waals surface area contributed by atoms with Crippen LogP contribution in [0.5, 0.6) is 0 Å². The molecule has 5 aromatic heterocycles. The smallest absolute Gasteiger partial charge is 0.171 e. The predicted molar refractivity (Wildman–Crippen MR) is 164 cm³/mol. The maximum Gasteiger partial charge on any atom is 0.171 e. The summed E-state index contributed by atoms with van der Waals surface area (Å²) in [6, 6.07) is 8.42. The molecule has 0 aliphatic heterocycles. The lowest BCUT2D eigenvalue weighted by atomic mass is 10.1. The van der Waals surface area contributed by atoms with Gasteiger partial charge in [-0.2, -0.15) is 0 Å². The van der Waals surface area contributed by atoms with Crippen molar-refractivity contribution in [2.45, 2.75) is 18.8 Å². The number of benzene rings is 1. The van der Waals surface area contributed by atoms with E-state index in [9.17, 15) is 0 Å². The summed E-state index contributed by atoms with van der Waals surface area (Å²) in [6.07, 6.45) is 11.9. The van der Waals surface area contributed by atoms with E-state index in [1.54, 1.807) is 6.20 Å². The van der Waals surface area contributed by atoms with Gasteiger partial charge in [-0.05, 0) is 105 Å². The zero-order chi connectivity index (χ0) is 25.7. The molecule has 7 rings (SSSR count). The third-order valence-electron chi connectivity index (χ3n) is 5.83. The monoisotopic (exact) mass is 858 g/mol. The van der Waals surface area contributed by atoms with E-state index >= 15 is 0 Å². The van der Waals surface area contributed by atoms with Crippen LogP contribution < -0.4 is 0 Å². The van der Waals surface area contributed by atoms with Gasteiger partial charge in [0, 0.05) is 29.4 Å². The Bertz CT molecular complexity index is 1770. The Morgan fingerprint density at radius 2 is 1.46 bits per heavy atom. The molecule has 0 atom stereocenters. The number of nitrogens with one attached hydrogen (secondary N) is 1. The molecule has 6 aromatic rings. The molecule has 1 aliphatic carbocycles. The first kappa shape index (κ1) is 25.6. The standard InChI is InChI=1S/C18H13Br2N5.C6H2Br2IN3/c19-15-9-25-14(8-22-18(25)16(20)24-15)12-3-1-2-11(6-12)13-7-21-17(23-13)10-4-5-10;7-3-2-12-4(9)1-10-6(12)5(8)11-3/h1-3,6-10H,4-5H2,(H,21,23);1-2H. The van der Waals surface area contributed by atoms with Crippen LogP contribution in [0.1, 0.15) is 24.6 Å². The molecule has 186 valence electrons. The summed E-state index contributed by atoms with van der Waals surface area (Å²) in [5, 5.41) is 0. The highest BCUT2D eigenvalue weighted by Crippen LogP contribution is 2.39. The molecule has 0 amide bonds. The van der Waals surface area contributed by atoms with Crippen molar-refractivity contribution >= 4 is 97.6 Å². The first-order valence-corrected chi connectivity index (χ1v) is 15.3. The summed E-state index contributed by atoms with van der Waals surface area (Å²) in [6.45, 7) is 0. The lowest BCUT2D eigenvalue weighted by Gasteiger charge is -2.05. The highest BCUT2D eigenvalue weighted by molar-refractivity contribution is 14.1. The van der Waals surface area contributed by atoms with Crippen LogP contribution in [0.4, 0.5) is 0 Å². The molecule has 37 heavy (non-hydrogen) atoms. The van der Waals surface area contributed by atoms with E-state index in [4.69, 9.17) is 0 Å². The van der Waals surface area contributed by atoms with Crippen molar-refractivity contribution in [1.29, 1.82) is 0 Å². The highest BCUT2D eigenvalue weighted by atomic mass is 127. The van der Waals surface area contributed by atoms with Crippen LogP contribution >= 0.6 is 86.3 Å². The van der Waals surface area contributed by atoms with Crippen LogP contribution in [0.3, 0.4) is 0 Å². The Morgan fingerprint density at radius 1 is 0.811 bits per heavy atom. The van der Waals surface area contributed by atoms with Gasteiger partial charge in [-0.15, -0.1) is 0 Å². The van der Waals surface area contributed by atoms with Crippen LogP contribution in [0, 0.1) is 3.70 Å². The first-order valence-electron chi connectivity index (χ1n) is 11.1. The minimum atomic E-state index is 0.623. The second-order valence-corrected chi connectivity index (χ2v) is 12.6. The molecule has 8 nitrogen and oxygen atoms in total. The summed E-state index contributed by atoms with van der Waals surface area (Å²) < 4.78 is 8.06. The molecule has 0 saturated heterocycles. The second kappa shape index (κ2) is 10.5. The Hall–Kier alpha value is -1.68. The molecular weight excluding hydrogens is 847 g/mol. The molecule has 1 saturated carbocycles. The van der Waals surface area contributed by atoms with Gasteiger partial charge in [0.2, 0.25) is 0 Å². The molecule has 1 N–H and O–H groups in total. The second-order valence-electron chi connectivity index (χ2n) is 8.36. The van der Waals surface area contributed by atoms with E-state index in [0.717, 1.165) is 57.1 Å². The van der Waals surface area contributed by atoms with E-state index in [-0.39, 0.29) is 0 Å². The van der Waals surface area contributed by atoms with Crippen LogP contribution in [0.2, 0.25) is 0 Å². The summed E-state index contributed by atoms with van der Waals surface area (Å²) in [7, 11) is 0. The van der Waals surface area contributed by atoms with Gasteiger partial charge in [-0.1, -0.05) is 18.2 Å². The third-order valence-corrected chi connectivity index (χ3v) is 8.45. The fraction of sp³-hybridized carbons (Fsp3) is 0.125. The van der Waals surface area contributed by atoms with Gasteiger partial charge < -0.3 is 4.98 Å². The Morgan fingerprint density at radius 3 is 2.19 bits per heavy atom. The van der Waals surface area contributed by atoms with Crippen molar-refractivity contribution in [1.82, 2.24) is 38.7 Å². The number of imidazole rings is 3. The van der Waals surface area contributed by atoms with Gasteiger partial charge in [0.05, 0.1) is 30.0 Å². The zero-order valence-corrected chi connectivity index (χ0v) is 27.2. The fourth-order valence-corrected chi connectivity index (χ4v) is 6.64. The molecule has 1 aliphatic rings. The number of fused-ring (bicyclic) bond motifs is 2. The normalized spacial score (nSPS) is 13.2. The van der Waals surface area contributed by atoms with Crippen molar-refractivity contribution in [3.05, 3.63) is 83.2 Å². The molecule has 0 radical (unpaired) electrons. The SMILES string of the molecule is Brc1cn2c(-c3cccc(-c4cnc(C5CC5)[nH]4)c3)cnc2c(Br)n1.Brc1cn2c(I)cnc2c(Br)n1. The number of nitrogens with zero attached hydrogens (tertiary/aromatic N) is 7. The average molecular weight is 862 g/mol. The van der Waals surface area contributed by atoms with Crippen molar-refractivity contribution in [2.75, 3.05) is 0 Å². The minimum Gasteiger partial charge on any atom is -0.342 e. The van der Waals surface area contributed by atoms with E-state index in [0.29, 0.717) is 10.5 Å². The van der Waals surface area contributed by atoms with Gasteiger partial charge in [0.1, 0.15) is 18.7 Å². The van der Waals surface area contributed by atoms with E-state index in [2.05, 4.69) is 140 Å². The summed E-state index contributed by atoms with van der Waals surface area (Å²) >= 11 is 15.8. The van der Waals surface area contributed by atoms with Gasteiger partial charge in [0.15, 0.2) is 20.5 Å². The van der Waals surface area contributed by atoms with E-state index < -0.39 is 0 Å². The number of aromatic amines is 1. The van der Waals surface area contributed by atoms with Gasteiger partial charge in [-0.25, -0.2) is 24.9 Å². The van der Waals surface area contributed by atoms with Crippen molar-refractivity contribution in [3.63, 3.8) is 0 Å². The molecule has 0 spiro atoms. The highest BCUT2D eigenvalue weighted by Gasteiger charge is 2.26. The van der Waals surface area contributed by atoms with Crippen LogP contribution in [-0.2, 0) is 0 Å². The number of halogens is 5. The summed E-state index contributed by atoms with van der Waals surface area (Å²) in [5.41, 5.74) is 5.92. The fourth-order valence-electron chi connectivity index (χ4n) is 3.93. The molecule has 13 heteroatoms. The van der Waals surface area contributed by atoms with Crippen LogP contribution in [0.25, 0.3) is 33.8 Å². The average Bonchev–Trinajstić information content (AvgIpc) is 3.26. The Labute approximate surface area is 258 Å². The minimum absolute atomic E-state index is 0.623. The van der Waals surface area contributed by atoms with E-state index in [1.807, 2.05) is 33.6 Å². The van der Waals surface area contributed by atoms with Crippen LogP contribution in [0.15, 0.2) is 73.7 Å². The Balaban J connectivity index is 0.000000176. The summed E-state index contributed by atoms with van der Waals surface area (Å²) in [4.78, 5) is 25.2. The summed E-state index contributed by atoms with van der Waals surface area (Å²) in [5.74, 6) is 1.73. The topological polar surface area (TPSA) is 89.1 Å². The number of hydrogen-bond acceptors (Lipinski definition) is 5. The largest absolute Gasteiger partial charge is 0.342 e. The lowest BCUT2D eigenvalue weighted by molar-refractivity contribution is 0.977. The molecular formula is C24H15Br4IN8. The number of rotatable bonds is 3. The third kappa shape index (κ3) is 5.29. The number of hydrogen-bond donors (Lipinski definition) is 1. The first-order chi connectivity index (χ1) is 17.9. The number of H-pyrrole nitrogens is 1. The zero-order valence-electron chi connectivity index (χ0n) is 18.7.